The van der Waals surface area contributed by atoms with Crippen LogP contribution in [0.3, 0.4) is 0 Å². The lowest BCUT2D eigenvalue weighted by Gasteiger charge is -2.19. The van der Waals surface area contributed by atoms with Gasteiger partial charge in [0.25, 0.3) is 0 Å². The van der Waals surface area contributed by atoms with Crippen LogP contribution in [-0.4, -0.2) is 35.7 Å². The molecule has 0 saturated heterocycles. The molecule has 15 heavy (non-hydrogen) atoms. The van der Waals surface area contributed by atoms with E-state index in [0.717, 1.165) is 5.69 Å². The summed E-state index contributed by atoms with van der Waals surface area (Å²) in [6, 6.07) is 2.94. The van der Waals surface area contributed by atoms with Crippen molar-refractivity contribution in [3.05, 3.63) is 24.5 Å². The zero-order chi connectivity index (χ0) is 11.3. The zero-order valence-corrected chi connectivity index (χ0v) is 8.63. The number of nitrogens with zero attached hydrogens (tertiary/aromatic N) is 2. The van der Waals surface area contributed by atoms with Gasteiger partial charge in [-0.05, 0) is 18.6 Å². The number of aromatic nitrogens is 1. The second kappa shape index (κ2) is 5.31. The van der Waals surface area contributed by atoms with Crippen molar-refractivity contribution in [3.63, 3.8) is 0 Å². The second-order valence-electron chi connectivity index (χ2n) is 3.36. The van der Waals surface area contributed by atoms with E-state index >= 15 is 0 Å². The van der Waals surface area contributed by atoms with Crippen molar-refractivity contribution in [1.82, 2.24) is 4.98 Å². The molecular formula is C10H15N3O2. The Bertz CT molecular complexity index is 316. The predicted octanol–water partition coefficient (Wildman–Crippen LogP) is 0.320. The van der Waals surface area contributed by atoms with E-state index in [4.69, 9.17) is 10.8 Å². The molecule has 0 radical (unpaired) electrons. The summed E-state index contributed by atoms with van der Waals surface area (Å²) in [5.41, 5.74) is 6.41. The average molecular weight is 209 g/mol. The third kappa shape index (κ3) is 3.55. The van der Waals surface area contributed by atoms with Crippen molar-refractivity contribution in [2.24, 2.45) is 5.73 Å². The molecule has 1 unspecified atom stereocenters. The molecule has 1 rings (SSSR count). The fourth-order valence-electron chi connectivity index (χ4n) is 1.18. The van der Waals surface area contributed by atoms with E-state index in [9.17, 15) is 4.79 Å². The molecular weight excluding hydrogens is 194 g/mol. The van der Waals surface area contributed by atoms with E-state index in [1.165, 1.54) is 0 Å². The Hall–Kier alpha value is -1.62. The number of carboxylic acid groups (broad SMARTS) is 1. The molecule has 0 fully saturated rings. The lowest BCUT2D eigenvalue weighted by Crippen LogP contribution is -2.34. The van der Waals surface area contributed by atoms with Crippen LogP contribution in [0.25, 0.3) is 0 Å². The van der Waals surface area contributed by atoms with Gasteiger partial charge < -0.3 is 15.7 Å². The van der Waals surface area contributed by atoms with Crippen molar-refractivity contribution in [3.8, 4) is 0 Å². The van der Waals surface area contributed by atoms with E-state index in [2.05, 4.69) is 4.98 Å². The molecule has 0 aliphatic heterocycles. The summed E-state index contributed by atoms with van der Waals surface area (Å²) < 4.78 is 0. The highest BCUT2D eigenvalue weighted by atomic mass is 16.4. The summed E-state index contributed by atoms with van der Waals surface area (Å²) in [5.74, 6) is -0.960. The van der Waals surface area contributed by atoms with Gasteiger partial charge in [0.1, 0.15) is 6.04 Å². The number of nitrogens with two attached hydrogens (primary N) is 1. The topological polar surface area (TPSA) is 79.5 Å². The summed E-state index contributed by atoms with van der Waals surface area (Å²) in [5, 5.41) is 8.61. The normalized spacial score (nSPS) is 12.1. The van der Waals surface area contributed by atoms with Gasteiger partial charge in [0.2, 0.25) is 0 Å². The van der Waals surface area contributed by atoms with Crippen LogP contribution in [0.1, 0.15) is 6.42 Å². The third-order valence-electron chi connectivity index (χ3n) is 2.20. The number of anilines is 1. The fourth-order valence-corrected chi connectivity index (χ4v) is 1.18. The number of rotatable bonds is 5. The monoisotopic (exact) mass is 209 g/mol. The van der Waals surface area contributed by atoms with E-state index in [0.29, 0.717) is 13.0 Å². The van der Waals surface area contributed by atoms with Crippen molar-refractivity contribution >= 4 is 11.7 Å². The molecule has 82 valence electrons. The van der Waals surface area contributed by atoms with E-state index in [1.807, 2.05) is 24.1 Å². The second-order valence-corrected chi connectivity index (χ2v) is 3.36. The molecule has 1 aromatic rings. The highest BCUT2D eigenvalue weighted by Crippen LogP contribution is 2.10. The van der Waals surface area contributed by atoms with Crippen molar-refractivity contribution < 1.29 is 9.90 Å². The van der Waals surface area contributed by atoms with E-state index in [-0.39, 0.29) is 0 Å². The molecule has 1 aromatic heterocycles. The Morgan fingerprint density at radius 2 is 2.20 bits per heavy atom. The first-order chi connectivity index (χ1) is 7.11. The third-order valence-corrected chi connectivity index (χ3v) is 2.20. The van der Waals surface area contributed by atoms with Crippen LogP contribution in [0.2, 0.25) is 0 Å². The Labute approximate surface area is 88.5 Å². The van der Waals surface area contributed by atoms with Crippen LogP contribution in [-0.2, 0) is 4.79 Å². The first kappa shape index (κ1) is 11.5. The summed E-state index contributed by atoms with van der Waals surface area (Å²) in [6.07, 6.45) is 3.82. The molecule has 0 bridgehead atoms. The quantitative estimate of drug-likeness (QED) is 0.730. The SMILES string of the molecule is CN(CCC(N)C(=O)O)c1ccncc1. The van der Waals surface area contributed by atoms with Gasteiger partial charge in [-0.15, -0.1) is 0 Å². The maximum absolute atomic E-state index is 10.5. The Morgan fingerprint density at radius 3 is 2.73 bits per heavy atom. The van der Waals surface area contributed by atoms with E-state index in [1.54, 1.807) is 12.4 Å². The Balaban J connectivity index is 2.43. The minimum atomic E-state index is -0.960. The van der Waals surface area contributed by atoms with Crippen LogP contribution in [0.4, 0.5) is 5.69 Å². The standard InChI is InChI=1S/C10H15N3O2/c1-13(7-4-9(11)10(14)15)8-2-5-12-6-3-8/h2-3,5-6,9H,4,7,11H2,1H3,(H,14,15). The largest absolute Gasteiger partial charge is 0.480 e. The highest BCUT2D eigenvalue weighted by molar-refractivity contribution is 5.73. The lowest BCUT2D eigenvalue weighted by atomic mass is 10.2. The van der Waals surface area contributed by atoms with Crippen LogP contribution in [0.5, 0.6) is 0 Å². The lowest BCUT2D eigenvalue weighted by molar-refractivity contribution is -0.138. The Morgan fingerprint density at radius 1 is 1.60 bits per heavy atom. The zero-order valence-electron chi connectivity index (χ0n) is 8.63. The number of carboxylic acids is 1. The van der Waals surface area contributed by atoms with Crippen LogP contribution < -0.4 is 10.6 Å². The minimum Gasteiger partial charge on any atom is -0.480 e. The Kier molecular flexibility index (Phi) is 4.05. The molecule has 5 nitrogen and oxygen atoms in total. The summed E-state index contributed by atoms with van der Waals surface area (Å²) in [7, 11) is 1.89. The molecule has 0 aliphatic rings. The molecule has 0 aliphatic carbocycles. The first-order valence-corrected chi connectivity index (χ1v) is 4.71. The first-order valence-electron chi connectivity index (χ1n) is 4.71. The van der Waals surface area contributed by atoms with E-state index < -0.39 is 12.0 Å². The van der Waals surface area contributed by atoms with Gasteiger partial charge in [0.05, 0.1) is 0 Å². The fraction of sp³-hybridized carbons (Fsp3) is 0.400. The molecule has 1 heterocycles. The predicted molar refractivity (Wildman–Crippen MR) is 57.7 cm³/mol. The van der Waals surface area contributed by atoms with Crippen molar-refractivity contribution in [1.29, 1.82) is 0 Å². The number of aliphatic carboxylic acids is 1. The van der Waals surface area contributed by atoms with Gasteiger partial charge in [-0.2, -0.15) is 0 Å². The summed E-state index contributed by atoms with van der Waals surface area (Å²) >= 11 is 0. The van der Waals surface area contributed by atoms with Gasteiger partial charge in [0, 0.05) is 31.7 Å². The maximum Gasteiger partial charge on any atom is 0.320 e. The molecule has 0 spiro atoms. The molecule has 0 saturated carbocycles. The molecule has 1 atom stereocenters. The molecule has 3 N–H and O–H groups in total. The van der Waals surface area contributed by atoms with Gasteiger partial charge in [-0.1, -0.05) is 0 Å². The van der Waals surface area contributed by atoms with Crippen LogP contribution >= 0.6 is 0 Å². The number of pyridine rings is 1. The van der Waals surface area contributed by atoms with Gasteiger partial charge in [0.15, 0.2) is 0 Å². The van der Waals surface area contributed by atoms with Crippen molar-refractivity contribution in [2.75, 3.05) is 18.5 Å². The minimum absolute atomic E-state index is 0.425. The number of hydrogen-bond acceptors (Lipinski definition) is 4. The van der Waals surface area contributed by atoms with Crippen molar-refractivity contribution in [2.45, 2.75) is 12.5 Å². The maximum atomic E-state index is 10.5. The smallest absolute Gasteiger partial charge is 0.320 e. The van der Waals surface area contributed by atoms with Gasteiger partial charge in [-0.25, -0.2) is 0 Å². The number of hydrogen-bond donors (Lipinski definition) is 2. The average Bonchev–Trinajstić information content (AvgIpc) is 2.26. The highest BCUT2D eigenvalue weighted by Gasteiger charge is 2.12. The summed E-state index contributed by atoms with van der Waals surface area (Å²) in [4.78, 5) is 16.3. The van der Waals surface area contributed by atoms with Crippen LogP contribution in [0.15, 0.2) is 24.5 Å². The van der Waals surface area contributed by atoms with Crippen LogP contribution in [0, 0.1) is 0 Å². The molecule has 0 aromatic carbocycles. The molecule has 5 heteroatoms. The summed E-state index contributed by atoms with van der Waals surface area (Å²) in [6.45, 7) is 0.609. The van der Waals surface area contributed by atoms with Gasteiger partial charge >= 0.3 is 5.97 Å². The number of carbonyl (C=O) groups is 1. The molecule has 0 amide bonds. The van der Waals surface area contributed by atoms with Gasteiger partial charge in [-0.3, -0.25) is 9.78 Å².